The molecule has 5 nitrogen and oxygen atoms in total. The normalized spacial score (nSPS) is 17.6. The molecule has 3 rings (SSSR count). The molecule has 6 heteroatoms. The van der Waals surface area contributed by atoms with Gasteiger partial charge in [-0.2, -0.15) is 0 Å². The van der Waals surface area contributed by atoms with Gasteiger partial charge in [0.05, 0.1) is 12.6 Å². The van der Waals surface area contributed by atoms with Crippen molar-refractivity contribution in [1.29, 1.82) is 0 Å². The molecule has 0 aliphatic carbocycles. The molecule has 2 aromatic heterocycles. The van der Waals surface area contributed by atoms with Gasteiger partial charge < -0.3 is 14.6 Å². The Hall–Kier alpha value is -1.82. The van der Waals surface area contributed by atoms with Crippen LogP contribution in [0.1, 0.15) is 34.8 Å². The summed E-state index contributed by atoms with van der Waals surface area (Å²) in [4.78, 5) is 17.3. The summed E-state index contributed by atoms with van der Waals surface area (Å²) >= 11 is 1.73. The van der Waals surface area contributed by atoms with Gasteiger partial charge in [-0.25, -0.2) is 9.78 Å². The first-order chi connectivity index (χ1) is 9.29. The maximum Gasteiger partial charge on any atom is 0.358 e. The van der Waals surface area contributed by atoms with Crippen LogP contribution in [0.15, 0.2) is 23.7 Å². The Kier molecular flexibility index (Phi) is 3.25. The summed E-state index contributed by atoms with van der Waals surface area (Å²) in [5, 5.41) is 5.29. The lowest BCUT2D eigenvalue weighted by molar-refractivity contribution is 0.0520. The summed E-state index contributed by atoms with van der Waals surface area (Å²) in [7, 11) is 0. The van der Waals surface area contributed by atoms with Crippen molar-refractivity contribution < 1.29 is 9.53 Å². The van der Waals surface area contributed by atoms with E-state index in [9.17, 15) is 4.79 Å². The topological polar surface area (TPSA) is 56.2 Å². The summed E-state index contributed by atoms with van der Waals surface area (Å²) in [6.45, 7) is 3.02. The average Bonchev–Trinajstić information content (AvgIpc) is 3.07. The Balaban J connectivity index is 1.94. The van der Waals surface area contributed by atoms with Gasteiger partial charge in [-0.05, 0) is 24.8 Å². The van der Waals surface area contributed by atoms with Crippen molar-refractivity contribution in [2.75, 3.05) is 18.5 Å². The molecule has 0 saturated carbocycles. The maximum absolute atomic E-state index is 11.7. The molecular formula is C13H15N3O2S. The second kappa shape index (κ2) is 5.05. The third-order valence-electron chi connectivity index (χ3n) is 3.13. The Morgan fingerprint density at radius 1 is 1.68 bits per heavy atom. The second-order valence-corrected chi connectivity index (χ2v) is 5.30. The molecule has 1 unspecified atom stereocenters. The number of thiophene rings is 1. The highest BCUT2D eigenvalue weighted by molar-refractivity contribution is 7.10. The van der Waals surface area contributed by atoms with Crippen molar-refractivity contribution in [1.82, 2.24) is 9.55 Å². The molecule has 0 saturated heterocycles. The Morgan fingerprint density at radius 2 is 2.58 bits per heavy atom. The number of hydrogen-bond acceptors (Lipinski definition) is 5. The first kappa shape index (κ1) is 12.2. The fourth-order valence-corrected chi connectivity index (χ4v) is 3.15. The molecule has 0 bridgehead atoms. The van der Waals surface area contributed by atoms with Crippen LogP contribution in [-0.4, -0.2) is 28.7 Å². The van der Waals surface area contributed by atoms with Crippen molar-refractivity contribution in [3.8, 4) is 0 Å². The van der Waals surface area contributed by atoms with E-state index in [1.165, 1.54) is 4.88 Å². The number of fused-ring (bicyclic) bond motifs is 1. The van der Waals surface area contributed by atoms with Crippen molar-refractivity contribution in [2.45, 2.75) is 19.4 Å². The van der Waals surface area contributed by atoms with Gasteiger partial charge in [0.15, 0.2) is 5.69 Å². The minimum absolute atomic E-state index is 0.256. The molecule has 1 aliphatic heterocycles. The van der Waals surface area contributed by atoms with Gasteiger partial charge in [-0.15, -0.1) is 11.3 Å². The standard InChI is InChI=1S/C13H15N3O2S/c1-2-18-12(17)9-8-16-10(11-4-3-7-19-11)5-6-14-13(16)15-9/h3-4,7-8,10H,2,5-6H2,1H3,(H,14,15). The van der Waals surface area contributed by atoms with E-state index in [2.05, 4.69) is 21.7 Å². The number of aromatic nitrogens is 2. The number of rotatable bonds is 3. The number of ether oxygens (including phenoxy) is 1. The number of nitrogens with one attached hydrogen (secondary N) is 1. The van der Waals surface area contributed by atoms with Crippen molar-refractivity contribution in [3.63, 3.8) is 0 Å². The van der Waals surface area contributed by atoms with E-state index in [0.717, 1.165) is 18.9 Å². The van der Waals surface area contributed by atoms with Crippen LogP contribution in [0.5, 0.6) is 0 Å². The Bertz CT molecular complexity index is 577. The molecule has 100 valence electrons. The van der Waals surface area contributed by atoms with Gasteiger partial charge in [-0.1, -0.05) is 6.07 Å². The molecule has 3 heterocycles. The van der Waals surface area contributed by atoms with Crippen molar-refractivity contribution in [2.24, 2.45) is 0 Å². The lowest BCUT2D eigenvalue weighted by atomic mass is 10.1. The fourth-order valence-electron chi connectivity index (χ4n) is 2.29. The number of imidazole rings is 1. The van der Waals surface area contributed by atoms with E-state index in [0.29, 0.717) is 12.3 Å². The summed E-state index contributed by atoms with van der Waals surface area (Å²) in [6.07, 6.45) is 2.77. The van der Waals surface area contributed by atoms with E-state index in [1.807, 2.05) is 10.6 Å². The molecule has 19 heavy (non-hydrogen) atoms. The number of carbonyl (C=O) groups excluding carboxylic acids is 1. The first-order valence-corrected chi connectivity index (χ1v) is 7.21. The van der Waals surface area contributed by atoms with Crippen LogP contribution < -0.4 is 5.32 Å². The maximum atomic E-state index is 11.7. The molecule has 1 aliphatic rings. The summed E-state index contributed by atoms with van der Waals surface area (Å²) < 4.78 is 7.02. The van der Waals surface area contributed by atoms with E-state index in [-0.39, 0.29) is 12.0 Å². The van der Waals surface area contributed by atoms with E-state index in [1.54, 1.807) is 24.5 Å². The van der Waals surface area contributed by atoms with Crippen LogP contribution >= 0.6 is 11.3 Å². The third-order valence-corrected chi connectivity index (χ3v) is 4.10. The number of nitrogens with zero attached hydrogens (tertiary/aromatic N) is 2. The van der Waals surface area contributed by atoms with Crippen LogP contribution in [0.25, 0.3) is 0 Å². The minimum Gasteiger partial charge on any atom is -0.461 e. The largest absolute Gasteiger partial charge is 0.461 e. The van der Waals surface area contributed by atoms with Crippen LogP contribution in [0.2, 0.25) is 0 Å². The number of hydrogen-bond donors (Lipinski definition) is 1. The highest BCUT2D eigenvalue weighted by Gasteiger charge is 2.25. The lowest BCUT2D eigenvalue weighted by Gasteiger charge is -2.24. The van der Waals surface area contributed by atoms with Crippen LogP contribution in [0.3, 0.4) is 0 Å². The molecule has 0 radical (unpaired) electrons. The van der Waals surface area contributed by atoms with Crippen molar-refractivity contribution >= 4 is 23.3 Å². The van der Waals surface area contributed by atoms with E-state index in [4.69, 9.17) is 4.74 Å². The summed E-state index contributed by atoms with van der Waals surface area (Å²) in [6, 6.07) is 4.42. The zero-order valence-corrected chi connectivity index (χ0v) is 11.4. The van der Waals surface area contributed by atoms with Crippen molar-refractivity contribution in [3.05, 3.63) is 34.3 Å². The van der Waals surface area contributed by atoms with Gasteiger partial charge in [0.1, 0.15) is 0 Å². The predicted molar refractivity (Wildman–Crippen MR) is 73.7 cm³/mol. The molecule has 0 spiro atoms. The van der Waals surface area contributed by atoms with Crippen LogP contribution in [0, 0.1) is 0 Å². The predicted octanol–water partition coefficient (Wildman–Crippen LogP) is 2.53. The minimum atomic E-state index is -0.365. The molecular weight excluding hydrogens is 262 g/mol. The highest BCUT2D eigenvalue weighted by atomic mass is 32.1. The van der Waals surface area contributed by atoms with Gasteiger partial charge >= 0.3 is 5.97 Å². The quantitative estimate of drug-likeness (QED) is 0.876. The molecule has 1 N–H and O–H groups in total. The molecule has 0 fully saturated rings. The monoisotopic (exact) mass is 277 g/mol. The summed E-state index contributed by atoms with van der Waals surface area (Å²) in [5.41, 5.74) is 0.368. The Morgan fingerprint density at radius 3 is 3.32 bits per heavy atom. The SMILES string of the molecule is CCOC(=O)c1cn2c(n1)NCCC2c1cccs1. The van der Waals surface area contributed by atoms with Gasteiger partial charge in [0.2, 0.25) is 5.95 Å². The highest BCUT2D eigenvalue weighted by Crippen LogP contribution is 2.32. The van der Waals surface area contributed by atoms with E-state index < -0.39 is 0 Å². The summed E-state index contributed by atoms with van der Waals surface area (Å²) in [5.74, 6) is 0.379. The Labute approximate surface area is 115 Å². The molecule has 1 atom stereocenters. The van der Waals surface area contributed by atoms with Crippen LogP contribution in [-0.2, 0) is 4.74 Å². The van der Waals surface area contributed by atoms with E-state index >= 15 is 0 Å². The molecule has 2 aromatic rings. The zero-order chi connectivity index (χ0) is 13.2. The number of carbonyl (C=O) groups is 1. The lowest BCUT2D eigenvalue weighted by Crippen LogP contribution is -2.22. The van der Waals surface area contributed by atoms with Gasteiger partial charge in [0, 0.05) is 17.6 Å². The van der Waals surface area contributed by atoms with Gasteiger partial charge in [0.25, 0.3) is 0 Å². The van der Waals surface area contributed by atoms with Gasteiger partial charge in [-0.3, -0.25) is 0 Å². The zero-order valence-electron chi connectivity index (χ0n) is 10.6. The number of esters is 1. The third kappa shape index (κ3) is 2.23. The average molecular weight is 277 g/mol. The second-order valence-electron chi connectivity index (χ2n) is 4.32. The smallest absolute Gasteiger partial charge is 0.358 e. The first-order valence-electron chi connectivity index (χ1n) is 6.33. The number of anilines is 1. The van der Waals surface area contributed by atoms with Crippen LogP contribution in [0.4, 0.5) is 5.95 Å². The molecule has 0 aromatic carbocycles. The molecule has 0 amide bonds. The fraction of sp³-hybridized carbons (Fsp3) is 0.385.